The molecule has 0 heterocycles. The SMILES string of the molecule is CCCC#CC(=O)OC(C)C. The van der Waals surface area contributed by atoms with Gasteiger partial charge in [0.1, 0.15) is 0 Å². The van der Waals surface area contributed by atoms with E-state index in [0.29, 0.717) is 0 Å². The van der Waals surface area contributed by atoms with Crippen molar-refractivity contribution in [2.24, 2.45) is 0 Å². The monoisotopic (exact) mass is 154 g/mol. The summed E-state index contributed by atoms with van der Waals surface area (Å²) in [5.74, 6) is 4.70. The molecule has 0 atom stereocenters. The highest BCUT2D eigenvalue weighted by Gasteiger charge is 1.98. The zero-order chi connectivity index (χ0) is 8.69. The van der Waals surface area contributed by atoms with Crippen LogP contribution < -0.4 is 0 Å². The van der Waals surface area contributed by atoms with Gasteiger partial charge in [0.25, 0.3) is 0 Å². The van der Waals surface area contributed by atoms with Crippen LogP contribution in [0.4, 0.5) is 0 Å². The summed E-state index contributed by atoms with van der Waals surface area (Å²) in [4.78, 5) is 10.7. The molecule has 0 rings (SSSR count). The van der Waals surface area contributed by atoms with Gasteiger partial charge in [-0.25, -0.2) is 4.79 Å². The molecule has 0 aromatic carbocycles. The Balaban J connectivity index is 3.62. The van der Waals surface area contributed by atoms with Gasteiger partial charge in [-0.05, 0) is 20.3 Å². The van der Waals surface area contributed by atoms with Crippen molar-refractivity contribution in [3.8, 4) is 11.8 Å². The average Bonchev–Trinajstić information content (AvgIpc) is 1.86. The Labute approximate surface area is 67.9 Å². The summed E-state index contributed by atoms with van der Waals surface area (Å²) in [5, 5.41) is 0. The fourth-order valence-corrected chi connectivity index (χ4v) is 0.503. The average molecular weight is 154 g/mol. The minimum atomic E-state index is -0.423. The van der Waals surface area contributed by atoms with E-state index in [2.05, 4.69) is 11.8 Å². The predicted molar refractivity (Wildman–Crippen MR) is 43.9 cm³/mol. The number of carbonyl (C=O) groups excluding carboxylic acids is 1. The van der Waals surface area contributed by atoms with Crippen LogP contribution in [0.1, 0.15) is 33.6 Å². The second kappa shape index (κ2) is 5.79. The number of hydrogen-bond acceptors (Lipinski definition) is 2. The summed E-state index contributed by atoms with van der Waals surface area (Å²) < 4.78 is 4.78. The van der Waals surface area contributed by atoms with Gasteiger partial charge in [0, 0.05) is 12.3 Å². The van der Waals surface area contributed by atoms with Gasteiger partial charge in [-0.15, -0.1) is 0 Å². The highest BCUT2D eigenvalue weighted by molar-refractivity contribution is 5.88. The van der Waals surface area contributed by atoms with E-state index in [1.807, 2.05) is 6.92 Å². The van der Waals surface area contributed by atoms with Crippen LogP contribution in [0, 0.1) is 11.8 Å². The maximum Gasteiger partial charge on any atom is 0.384 e. The molecule has 62 valence electrons. The fraction of sp³-hybridized carbons (Fsp3) is 0.667. The van der Waals surface area contributed by atoms with E-state index in [4.69, 9.17) is 4.74 Å². The lowest BCUT2D eigenvalue weighted by Crippen LogP contribution is -2.08. The Bertz CT molecular complexity index is 172. The van der Waals surface area contributed by atoms with Crippen LogP contribution in [0.15, 0.2) is 0 Å². The van der Waals surface area contributed by atoms with Crippen LogP contribution in [-0.4, -0.2) is 12.1 Å². The van der Waals surface area contributed by atoms with Crippen molar-refractivity contribution in [1.82, 2.24) is 0 Å². The van der Waals surface area contributed by atoms with Gasteiger partial charge in [0.15, 0.2) is 0 Å². The Morgan fingerprint density at radius 2 is 2.18 bits per heavy atom. The summed E-state index contributed by atoms with van der Waals surface area (Å²) in [6.07, 6.45) is 1.66. The van der Waals surface area contributed by atoms with E-state index in [1.54, 1.807) is 13.8 Å². The zero-order valence-corrected chi connectivity index (χ0v) is 7.31. The van der Waals surface area contributed by atoms with E-state index < -0.39 is 5.97 Å². The van der Waals surface area contributed by atoms with Gasteiger partial charge in [-0.3, -0.25) is 0 Å². The number of esters is 1. The van der Waals surface area contributed by atoms with Crippen LogP contribution in [-0.2, 0) is 9.53 Å². The van der Waals surface area contributed by atoms with Crippen LogP contribution in [0.3, 0.4) is 0 Å². The number of rotatable bonds is 2. The molecule has 11 heavy (non-hydrogen) atoms. The summed E-state index contributed by atoms with van der Waals surface area (Å²) in [7, 11) is 0. The first-order valence-electron chi connectivity index (χ1n) is 3.86. The van der Waals surface area contributed by atoms with E-state index in [1.165, 1.54) is 0 Å². The Morgan fingerprint density at radius 1 is 1.55 bits per heavy atom. The molecule has 0 aliphatic rings. The normalized spacial score (nSPS) is 8.73. The maximum atomic E-state index is 10.7. The molecule has 0 bridgehead atoms. The summed E-state index contributed by atoms with van der Waals surface area (Å²) in [6, 6.07) is 0. The number of carbonyl (C=O) groups is 1. The minimum absolute atomic E-state index is 0.0709. The first-order valence-corrected chi connectivity index (χ1v) is 3.86. The molecule has 2 heteroatoms. The highest BCUT2D eigenvalue weighted by atomic mass is 16.5. The lowest BCUT2D eigenvalue weighted by molar-refractivity contribution is -0.140. The maximum absolute atomic E-state index is 10.7. The van der Waals surface area contributed by atoms with Crippen LogP contribution >= 0.6 is 0 Å². The highest BCUT2D eigenvalue weighted by Crippen LogP contribution is 1.88. The van der Waals surface area contributed by atoms with Crippen molar-refractivity contribution < 1.29 is 9.53 Å². The van der Waals surface area contributed by atoms with Crippen LogP contribution in [0.25, 0.3) is 0 Å². The van der Waals surface area contributed by atoms with Gasteiger partial charge in [0.2, 0.25) is 0 Å². The molecule has 0 aliphatic carbocycles. The summed E-state index contributed by atoms with van der Waals surface area (Å²) in [5.41, 5.74) is 0. The van der Waals surface area contributed by atoms with Gasteiger partial charge >= 0.3 is 5.97 Å². The molecule has 0 N–H and O–H groups in total. The van der Waals surface area contributed by atoms with E-state index in [9.17, 15) is 4.79 Å². The topological polar surface area (TPSA) is 26.3 Å². The quantitative estimate of drug-likeness (QED) is 0.344. The molecular formula is C9H14O2. The molecule has 0 saturated heterocycles. The third-order valence-corrected chi connectivity index (χ3v) is 0.908. The van der Waals surface area contributed by atoms with Crippen molar-refractivity contribution in [1.29, 1.82) is 0 Å². The fourth-order valence-electron chi connectivity index (χ4n) is 0.503. The first kappa shape index (κ1) is 10.0. The molecule has 0 fully saturated rings. The molecule has 0 aliphatic heterocycles. The molecule has 0 aromatic heterocycles. The lowest BCUT2D eigenvalue weighted by atomic mass is 10.3. The number of unbranched alkanes of at least 4 members (excludes halogenated alkanes) is 1. The van der Waals surface area contributed by atoms with Crippen molar-refractivity contribution in [3.63, 3.8) is 0 Å². The van der Waals surface area contributed by atoms with Crippen LogP contribution in [0.2, 0.25) is 0 Å². The molecule has 0 saturated carbocycles. The smallest absolute Gasteiger partial charge is 0.384 e. The van der Waals surface area contributed by atoms with Crippen molar-refractivity contribution in [2.45, 2.75) is 39.7 Å². The molecule has 0 amide bonds. The van der Waals surface area contributed by atoms with Crippen LogP contribution in [0.5, 0.6) is 0 Å². The molecule has 0 spiro atoms. The van der Waals surface area contributed by atoms with Gasteiger partial charge in [-0.1, -0.05) is 12.8 Å². The Morgan fingerprint density at radius 3 is 2.64 bits per heavy atom. The Kier molecular flexibility index (Phi) is 5.28. The van der Waals surface area contributed by atoms with Crippen molar-refractivity contribution in [3.05, 3.63) is 0 Å². The molecule has 2 nitrogen and oxygen atoms in total. The second-order valence-electron chi connectivity index (χ2n) is 2.51. The van der Waals surface area contributed by atoms with E-state index in [0.717, 1.165) is 12.8 Å². The molecule has 0 aromatic rings. The third kappa shape index (κ3) is 6.92. The van der Waals surface area contributed by atoms with E-state index >= 15 is 0 Å². The minimum Gasteiger partial charge on any atom is -0.453 e. The summed E-state index contributed by atoms with van der Waals surface area (Å²) >= 11 is 0. The van der Waals surface area contributed by atoms with Gasteiger partial charge in [-0.2, -0.15) is 0 Å². The third-order valence-electron chi connectivity index (χ3n) is 0.908. The van der Waals surface area contributed by atoms with Gasteiger partial charge in [0.05, 0.1) is 6.10 Å². The predicted octanol–water partition coefficient (Wildman–Crippen LogP) is 1.74. The van der Waals surface area contributed by atoms with E-state index in [-0.39, 0.29) is 6.10 Å². The van der Waals surface area contributed by atoms with Crippen molar-refractivity contribution >= 4 is 5.97 Å². The summed E-state index contributed by atoms with van der Waals surface area (Å²) in [6.45, 7) is 5.63. The molecule has 0 radical (unpaired) electrons. The largest absolute Gasteiger partial charge is 0.453 e. The molecule has 0 unspecified atom stereocenters. The first-order chi connectivity index (χ1) is 5.16. The van der Waals surface area contributed by atoms with Gasteiger partial charge < -0.3 is 4.74 Å². The standard InChI is InChI=1S/C9H14O2/c1-4-5-6-7-9(10)11-8(2)3/h8H,4-5H2,1-3H3. The second-order valence-corrected chi connectivity index (χ2v) is 2.51. The zero-order valence-electron chi connectivity index (χ0n) is 7.31. The Hall–Kier alpha value is -0.970. The lowest BCUT2D eigenvalue weighted by Gasteiger charge is -2.01. The molecular weight excluding hydrogens is 140 g/mol. The van der Waals surface area contributed by atoms with Crippen molar-refractivity contribution in [2.75, 3.05) is 0 Å². The number of hydrogen-bond donors (Lipinski definition) is 0. The number of ether oxygens (including phenoxy) is 1.